The first kappa shape index (κ1) is 36.8. The molecule has 0 aliphatic carbocycles. The predicted octanol–water partition coefficient (Wildman–Crippen LogP) is 9.37. The Bertz CT molecular complexity index is 1090. The maximum Gasteiger partial charge on any atom is 0.150 e. The largest absolute Gasteiger partial charge is 0.318 e. The third kappa shape index (κ3) is 16.7. The molecule has 40 heavy (non-hydrogen) atoms. The van der Waals surface area contributed by atoms with E-state index in [9.17, 15) is 4.79 Å². The zero-order chi connectivity index (χ0) is 30.3. The van der Waals surface area contributed by atoms with Crippen molar-refractivity contribution in [2.24, 2.45) is 16.1 Å². The average molecular weight is 548 g/mol. The summed E-state index contributed by atoms with van der Waals surface area (Å²) in [6.45, 7) is 17.1. The number of nitrogens with one attached hydrogen (secondary N) is 1. The molecule has 0 amide bonds. The fourth-order valence-corrected chi connectivity index (χ4v) is 3.53. The van der Waals surface area contributed by atoms with Crippen molar-refractivity contribution in [3.8, 4) is 11.1 Å². The van der Waals surface area contributed by atoms with Crippen LogP contribution in [-0.4, -0.2) is 36.4 Å². The van der Waals surface area contributed by atoms with Crippen LogP contribution in [-0.2, 0) is 6.42 Å². The molecule has 1 aromatic heterocycles. The summed E-state index contributed by atoms with van der Waals surface area (Å²) in [5.41, 5.74) is 5.84. The molecule has 3 aromatic rings. The summed E-state index contributed by atoms with van der Waals surface area (Å²) in [6.07, 6.45) is 11.1. The molecule has 0 aliphatic rings. The topological polar surface area (TPSA) is 79.6 Å². The van der Waals surface area contributed by atoms with Crippen LogP contribution in [0.1, 0.15) is 94.5 Å². The maximum atomic E-state index is 10.8. The molecule has 0 spiro atoms. The van der Waals surface area contributed by atoms with Gasteiger partial charge in [0.15, 0.2) is 0 Å². The Morgan fingerprint density at radius 1 is 0.900 bits per heavy atom. The van der Waals surface area contributed by atoms with E-state index < -0.39 is 0 Å². The monoisotopic (exact) mass is 547 g/mol. The Hall–Kier alpha value is -3.25. The van der Waals surface area contributed by atoms with Gasteiger partial charge in [-0.3, -0.25) is 4.79 Å². The Labute approximate surface area is 244 Å². The van der Waals surface area contributed by atoms with E-state index in [2.05, 4.69) is 67.1 Å². The van der Waals surface area contributed by atoms with Gasteiger partial charge in [-0.05, 0) is 67.6 Å². The fraction of sp³-hybridized carbons (Fsp3) is 0.500. The first-order chi connectivity index (χ1) is 19.1. The van der Waals surface area contributed by atoms with E-state index in [1.807, 2.05) is 69.7 Å². The molecule has 0 bridgehead atoms. The predicted molar refractivity (Wildman–Crippen MR) is 172 cm³/mol. The third-order valence-electron chi connectivity index (χ3n) is 6.16. The summed E-state index contributed by atoms with van der Waals surface area (Å²) >= 11 is 0. The second-order valence-electron chi connectivity index (χ2n) is 10.2. The number of carbonyl (C=O) groups excluding carboxylic acids is 1. The third-order valence-corrected chi connectivity index (χ3v) is 6.16. The van der Waals surface area contributed by atoms with Crippen LogP contribution >= 0.6 is 0 Å². The van der Waals surface area contributed by atoms with Gasteiger partial charge in [-0.25, -0.2) is 9.97 Å². The van der Waals surface area contributed by atoms with Crippen molar-refractivity contribution in [3.63, 3.8) is 0 Å². The lowest BCUT2D eigenvalue weighted by Crippen LogP contribution is -2.15. The molecule has 0 aliphatic heterocycles. The minimum atomic E-state index is 0.634. The number of aryl methyl sites for hydroxylation is 3. The van der Waals surface area contributed by atoms with Crippen LogP contribution in [0.15, 0.2) is 65.1 Å². The van der Waals surface area contributed by atoms with Gasteiger partial charge >= 0.3 is 0 Å². The van der Waals surface area contributed by atoms with Gasteiger partial charge in [0.1, 0.15) is 12.1 Å². The van der Waals surface area contributed by atoms with Crippen molar-refractivity contribution < 1.29 is 4.79 Å². The maximum absolute atomic E-state index is 10.8. The number of aldehydes is 1. The SMILES string of the molecule is CCCC(C)CCC.CCc1cnc(C)nc1.CN=Nc1cc(-c2cccc(C=O)c2)ccc1C.CNC(C)C. The molecule has 0 fully saturated rings. The molecule has 2 aromatic carbocycles. The van der Waals surface area contributed by atoms with Crippen molar-refractivity contribution >= 4 is 12.0 Å². The Morgan fingerprint density at radius 3 is 1.95 bits per heavy atom. The highest BCUT2D eigenvalue weighted by atomic mass is 16.1. The molecular formula is C34H53N5O. The lowest BCUT2D eigenvalue weighted by Gasteiger charge is -2.05. The number of aromatic nitrogens is 2. The summed E-state index contributed by atoms with van der Waals surface area (Å²) in [6, 6.07) is 14.1. The number of hydrogen-bond donors (Lipinski definition) is 1. The lowest BCUT2D eigenvalue weighted by atomic mass is 10.0. The molecule has 3 rings (SSSR count). The number of nitrogens with zero attached hydrogens (tertiary/aromatic N) is 4. The minimum Gasteiger partial charge on any atom is -0.318 e. The first-order valence-corrected chi connectivity index (χ1v) is 14.6. The van der Waals surface area contributed by atoms with Gasteiger partial charge < -0.3 is 5.32 Å². The number of rotatable bonds is 9. The summed E-state index contributed by atoms with van der Waals surface area (Å²) < 4.78 is 0. The summed E-state index contributed by atoms with van der Waals surface area (Å²) in [7, 11) is 3.60. The quantitative estimate of drug-likeness (QED) is 0.214. The van der Waals surface area contributed by atoms with E-state index in [0.717, 1.165) is 46.8 Å². The van der Waals surface area contributed by atoms with Crippen LogP contribution in [0, 0.1) is 19.8 Å². The van der Waals surface area contributed by atoms with Crippen LogP contribution in [0.5, 0.6) is 0 Å². The fourth-order valence-electron chi connectivity index (χ4n) is 3.53. The standard InChI is InChI=1S/C15H14N2O.C8H18.C7H10N2.C4H11N/c1-11-6-7-14(9-15(11)17-16-2)13-5-3-4-12(8-13)10-18;1-4-6-8(3)7-5-2;1-3-7-4-8-6(2)9-5-7;1-4(2)5-3/h3-10H,1-2H3;8H,4-7H2,1-3H3;4-5H,3H2,1-2H3;4-5H,1-3H3. The molecule has 0 saturated carbocycles. The average Bonchev–Trinajstić information content (AvgIpc) is 2.96. The van der Waals surface area contributed by atoms with E-state index in [1.54, 1.807) is 13.1 Å². The Kier molecular flexibility index (Phi) is 20.7. The molecule has 220 valence electrons. The first-order valence-electron chi connectivity index (χ1n) is 14.6. The van der Waals surface area contributed by atoms with Crippen LogP contribution in [0.2, 0.25) is 0 Å². The van der Waals surface area contributed by atoms with Crippen molar-refractivity contribution in [1.29, 1.82) is 0 Å². The number of benzene rings is 2. The van der Waals surface area contributed by atoms with E-state index in [-0.39, 0.29) is 0 Å². The van der Waals surface area contributed by atoms with Gasteiger partial charge in [0.05, 0.1) is 5.69 Å². The highest BCUT2D eigenvalue weighted by Gasteiger charge is 2.03. The second-order valence-corrected chi connectivity index (χ2v) is 10.2. The van der Waals surface area contributed by atoms with Crippen LogP contribution < -0.4 is 5.32 Å². The van der Waals surface area contributed by atoms with Crippen LogP contribution in [0.4, 0.5) is 5.69 Å². The van der Waals surface area contributed by atoms with E-state index in [4.69, 9.17) is 0 Å². The zero-order valence-corrected chi connectivity index (χ0v) is 26.7. The molecule has 0 saturated heterocycles. The lowest BCUT2D eigenvalue weighted by molar-refractivity contribution is 0.112. The van der Waals surface area contributed by atoms with Gasteiger partial charge in [-0.2, -0.15) is 10.2 Å². The van der Waals surface area contributed by atoms with E-state index >= 15 is 0 Å². The summed E-state index contributed by atoms with van der Waals surface area (Å²) in [5, 5.41) is 10.9. The van der Waals surface area contributed by atoms with Crippen molar-refractivity contribution in [1.82, 2.24) is 15.3 Å². The van der Waals surface area contributed by atoms with Gasteiger partial charge in [0.2, 0.25) is 0 Å². The van der Waals surface area contributed by atoms with Gasteiger partial charge in [0, 0.05) is 31.0 Å². The summed E-state index contributed by atoms with van der Waals surface area (Å²) in [5.74, 6) is 1.80. The zero-order valence-electron chi connectivity index (χ0n) is 26.7. The Balaban J connectivity index is 0.000000580. The van der Waals surface area contributed by atoms with E-state index in [0.29, 0.717) is 11.6 Å². The normalized spacial score (nSPS) is 10.3. The van der Waals surface area contributed by atoms with Crippen molar-refractivity contribution in [3.05, 3.63) is 77.4 Å². The molecule has 0 atom stereocenters. The van der Waals surface area contributed by atoms with E-state index in [1.165, 1.54) is 31.2 Å². The molecule has 1 N–H and O–H groups in total. The minimum absolute atomic E-state index is 0.634. The number of azo groups is 1. The van der Waals surface area contributed by atoms with Crippen LogP contribution in [0.25, 0.3) is 11.1 Å². The van der Waals surface area contributed by atoms with Gasteiger partial charge in [0.25, 0.3) is 0 Å². The molecule has 6 nitrogen and oxygen atoms in total. The number of carbonyl (C=O) groups is 1. The second kappa shape index (κ2) is 22.6. The number of hydrogen-bond acceptors (Lipinski definition) is 6. The van der Waals surface area contributed by atoms with Gasteiger partial charge in [-0.15, -0.1) is 0 Å². The Morgan fingerprint density at radius 2 is 1.48 bits per heavy atom. The van der Waals surface area contributed by atoms with Crippen LogP contribution in [0.3, 0.4) is 0 Å². The van der Waals surface area contributed by atoms with Crippen molar-refractivity contribution in [2.45, 2.75) is 93.5 Å². The smallest absolute Gasteiger partial charge is 0.150 e. The molecular weight excluding hydrogens is 494 g/mol. The van der Waals surface area contributed by atoms with Crippen molar-refractivity contribution in [2.75, 3.05) is 14.1 Å². The highest BCUT2D eigenvalue weighted by Crippen LogP contribution is 2.27. The van der Waals surface area contributed by atoms with Gasteiger partial charge in [-0.1, -0.05) is 97.6 Å². The summed E-state index contributed by atoms with van der Waals surface area (Å²) in [4.78, 5) is 18.9. The molecule has 6 heteroatoms. The highest BCUT2D eigenvalue weighted by molar-refractivity contribution is 5.79. The molecule has 0 unspecified atom stereocenters. The molecule has 0 radical (unpaired) electrons. The molecule has 1 heterocycles.